The van der Waals surface area contributed by atoms with E-state index >= 15 is 0 Å². The molecular formula is C33H42ClN3O4S. The van der Waals surface area contributed by atoms with Gasteiger partial charge in [0.15, 0.2) is 0 Å². The topological polar surface area (TPSA) is 94.2 Å². The largest absolute Gasteiger partial charge is 0.490 e. The number of allylic oxidation sites excluding steroid dienone is 1. The van der Waals surface area contributed by atoms with E-state index in [-0.39, 0.29) is 23.2 Å². The van der Waals surface area contributed by atoms with Gasteiger partial charge in [-0.25, -0.2) is 9.35 Å². The van der Waals surface area contributed by atoms with E-state index < -0.39 is 15.8 Å². The number of halogens is 1. The Labute approximate surface area is 255 Å². The van der Waals surface area contributed by atoms with Crippen LogP contribution in [0.1, 0.15) is 66.9 Å². The zero-order chi connectivity index (χ0) is 29.5. The standard InChI is InChI=1S/C33H42ClN3O4S/c1-3-22-6-4-8-30(40-2)27-12-9-25(27)18-37-20-33(15-5-7-23-16-26(34)11-13-28(23)33)21-41-31-14-10-24(17-29(31)37)32(38)36-42(35,39)19-22/h4,8,10-11,13-14,16-17,22,25,27,30H,3,5-7,9,12,15,18-21H2,1-2H3,(H2,35,36,38,39)/b8-4+/t22-,25-,27+,30-,33-,42-/m0/s1. The molecular weight excluding hydrogens is 570 g/mol. The van der Waals surface area contributed by atoms with E-state index in [1.165, 1.54) is 11.1 Å². The van der Waals surface area contributed by atoms with Gasteiger partial charge < -0.3 is 14.4 Å². The molecule has 0 radical (unpaired) electrons. The molecule has 2 aromatic carbocycles. The average molecular weight is 612 g/mol. The zero-order valence-corrected chi connectivity index (χ0v) is 26.2. The van der Waals surface area contributed by atoms with Gasteiger partial charge in [-0.3, -0.25) is 4.79 Å². The molecule has 42 heavy (non-hydrogen) atoms. The number of benzene rings is 2. The molecule has 2 aliphatic carbocycles. The molecule has 0 aromatic heterocycles. The molecule has 0 unspecified atom stereocenters. The second kappa shape index (κ2) is 11.9. The number of carbonyl (C=O) groups excluding carboxylic acids is 1. The molecule has 1 spiro atoms. The molecule has 0 saturated heterocycles. The number of ether oxygens (including phenoxy) is 2. The van der Waals surface area contributed by atoms with E-state index in [0.29, 0.717) is 24.0 Å². The molecule has 2 aromatic rings. The summed E-state index contributed by atoms with van der Waals surface area (Å²) in [5.41, 5.74) is 3.66. The van der Waals surface area contributed by atoms with Crippen molar-refractivity contribution in [3.8, 4) is 5.75 Å². The van der Waals surface area contributed by atoms with Crippen molar-refractivity contribution < 1.29 is 18.5 Å². The SMILES string of the molecule is CC[C@H]1C/C=C/[C@H](OC)[C@@H]2CC[C@H]2CN2C[C@@]3(CCCc4cc(Cl)ccc43)COc3ccc(cc32)C(=O)N=[S@](N)(=O)C1. The number of carbonyl (C=O) groups is 1. The Balaban J connectivity index is 1.44. The number of anilines is 1. The van der Waals surface area contributed by atoms with Crippen LogP contribution < -0.4 is 14.8 Å². The highest BCUT2D eigenvalue weighted by atomic mass is 35.5. The second-order valence-corrected chi connectivity index (χ2v) is 15.0. The molecule has 6 atom stereocenters. The third kappa shape index (κ3) is 5.88. The maximum Gasteiger partial charge on any atom is 0.286 e. The first-order valence-corrected chi connectivity index (χ1v) is 17.4. The van der Waals surface area contributed by atoms with Crippen LogP contribution in [0.2, 0.25) is 5.02 Å². The highest BCUT2D eigenvalue weighted by Crippen LogP contribution is 2.47. The van der Waals surface area contributed by atoms with Gasteiger partial charge in [-0.15, -0.1) is 4.36 Å². The van der Waals surface area contributed by atoms with Crippen LogP contribution in [-0.4, -0.2) is 48.8 Å². The number of nitrogens with zero attached hydrogens (tertiary/aromatic N) is 2. The minimum absolute atomic E-state index is 0.0169. The van der Waals surface area contributed by atoms with Crippen molar-refractivity contribution in [2.45, 2.75) is 63.4 Å². The number of hydrogen-bond acceptors (Lipinski definition) is 5. The Morgan fingerprint density at radius 1 is 1.24 bits per heavy atom. The summed E-state index contributed by atoms with van der Waals surface area (Å²) in [5.74, 6) is 1.30. The number of amides is 1. The lowest BCUT2D eigenvalue weighted by molar-refractivity contribution is 0.0131. The molecule has 6 rings (SSSR count). The van der Waals surface area contributed by atoms with Gasteiger partial charge in [-0.1, -0.05) is 43.2 Å². The molecule has 1 amide bonds. The van der Waals surface area contributed by atoms with Crippen LogP contribution in [0, 0.1) is 17.8 Å². The van der Waals surface area contributed by atoms with Crippen molar-refractivity contribution in [1.82, 2.24) is 0 Å². The van der Waals surface area contributed by atoms with Crippen LogP contribution in [0.4, 0.5) is 5.69 Å². The third-order valence-electron chi connectivity index (χ3n) is 9.99. The number of methoxy groups -OCH3 is 1. The van der Waals surface area contributed by atoms with Gasteiger partial charge in [0, 0.05) is 42.0 Å². The molecule has 9 heteroatoms. The number of aryl methyl sites for hydroxylation is 1. The van der Waals surface area contributed by atoms with E-state index in [1.807, 2.05) is 18.2 Å². The first kappa shape index (κ1) is 29.7. The lowest BCUT2D eigenvalue weighted by Crippen LogP contribution is -2.49. The molecule has 226 valence electrons. The van der Waals surface area contributed by atoms with Gasteiger partial charge in [0.2, 0.25) is 0 Å². The normalized spacial score (nSPS) is 33.8. The van der Waals surface area contributed by atoms with Gasteiger partial charge in [-0.2, -0.15) is 0 Å². The van der Waals surface area contributed by atoms with Crippen molar-refractivity contribution in [2.75, 3.05) is 37.5 Å². The van der Waals surface area contributed by atoms with E-state index in [0.717, 1.165) is 74.5 Å². The summed E-state index contributed by atoms with van der Waals surface area (Å²) < 4.78 is 30.0. The Hall–Kier alpha value is -2.39. The highest BCUT2D eigenvalue weighted by Gasteiger charge is 2.44. The Morgan fingerprint density at radius 3 is 2.86 bits per heavy atom. The molecule has 7 nitrogen and oxygen atoms in total. The minimum atomic E-state index is -3.19. The van der Waals surface area contributed by atoms with E-state index in [4.69, 9.17) is 26.2 Å². The Bertz CT molecular complexity index is 1500. The van der Waals surface area contributed by atoms with Crippen molar-refractivity contribution in [3.05, 3.63) is 70.3 Å². The fourth-order valence-corrected chi connectivity index (χ4v) is 9.21. The van der Waals surface area contributed by atoms with Crippen LogP contribution in [-0.2, 0) is 26.5 Å². The maximum atomic E-state index is 13.4. The second-order valence-electron chi connectivity index (χ2n) is 12.7. The summed E-state index contributed by atoms with van der Waals surface area (Å²) in [4.78, 5) is 15.8. The van der Waals surface area contributed by atoms with Gasteiger partial charge in [0.25, 0.3) is 5.91 Å². The monoisotopic (exact) mass is 611 g/mol. The summed E-state index contributed by atoms with van der Waals surface area (Å²) in [5, 5.41) is 6.92. The average Bonchev–Trinajstić information content (AvgIpc) is 3.10. The van der Waals surface area contributed by atoms with E-state index in [2.05, 4.69) is 40.5 Å². The first-order valence-electron chi connectivity index (χ1n) is 15.3. The quantitative estimate of drug-likeness (QED) is 0.401. The van der Waals surface area contributed by atoms with Gasteiger partial charge in [0.05, 0.1) is 18.4 Å². The summed E-state index contributed by atoms with van der Waals surface area (Å²) >= 11 is 6.41. The lowest BCUT2D eigenvalue weighted by Gasteiger charge is -2.46. The van der Waals surface area contributed by atoms with Crippen LogP contribution in [0.25, 0.3) is 0 Å². The zero-order valence-electron chi connectivity index (χ0n) is 24.6. The first-order chi connectivity index (χ1) is 20.2. The van der Waals surface area contributed by atoms with Crippen LogP contribution in [0.15, 0.2) is 52.9 Å². The highest BCUT2D eigenvalue weighted by molar-refractivity contribution is 7.91. The Morgan fingerprint density at radius 2 is 2.10 bits per heavy atom. The summed E-state index contributed by atoms with van der Waals surface area (Å²) in [7, 11) is -1.40. The van der Waals surface area contributed by atoms with Crippen LogP contribution in [0.3, 0.4) is 0 Å². The molecule has 2 bridgehead atoms. The van der Waals surface area contributed by atoms with Crippen molar-refractivity contribution in [1.29, 1.82) is 0 Å². The lowest BCUT2D eigenvalue weighted by atomic mass is 9.68. The molecule has 1 saturated carbocycles. The van der Waals surface area contributed by atoms with Gasteiger partial charge >= 0.3 is 0 Å². The van der Waals surface area contributed by atoms with Gasteiger partial charge in [-0.05, 0) is 97.7 Å². The minimum Gasteiger partial charge on any atom is -0.490 e. The molecule has 2 aliphatic heterocycles. The fraction of sp³-hybridized carbons (Fsp3) is 0.545. The Kier molecular flexibility index (Phi) is 8.44. The third-order valence-corrected chi connectivity index (χ3v) is 11.7. The smallest absolute Gasteiger partial charge is 0.286 e. The van der Waals surface area contributed by atoms with E-state index in [9.17, 15) is 9.00 Å². The molecule has 2 N–H and O–H groups in total. The number of rotatable bonds is 2. The number of nitrogens with two attached hydrogens (primary N) is 1. The predicted molar refractivity (Wildman–Crippen MR) is 169 cm³/mol. The maximum absolute atomic E-state index is 13.4. The number of hydrogen-bond donors (Lipinski definition) is 1. The molecule has 2 heterocycles. The van der Waals surface area contributed by atoms with Crippen molar-refractivity contribution >= 4 is 33.1 Å². The summed E-state index contributed by atoms with van der Waals surface area (Å²) in [6, 6.07) is 11.7. The summed E-state index contributed by atoms with van der Waals surface area (Å²) in [6.07, 6.45) is 11.2. The number of fused-ring (bicyclic) bond motifs is 4. The fourth-order valence-electron chi connectivity index (χ4n) is 7.51. The summed E-state index contributed by atoms with van der Waals surface area (Å²) in [6.45, 7) is 4.21. The molecule has 4 aliphatic rings. The van der Waals surface area contributed by atoms with Crippen molar-refractivity contribution in [3.63, 3.8) is 0 Å². The van der Waals surface area contributed by atoms with Crippen LogP contribution >= 0.6 is 11.6 Å². The van der Waals surface area contributed by atoms with Crippen molar-refractivity contribution in [2.24, 2.45) is 27.3 Å². The molecule has 1 fully saturated rings. The van der Waals surface area contributed by atoms with Gasteiger partial charge in [0.1, 0.15) is 15.7 Å². The van der Waals surface area contributed by atoms with E-state index in [1.54, 1.807) is 13.2 Å². The van der Waals surface area contributed by atoms with Crippen LogP contribution in [0.5, 0.6) is 5.75 Å². The predicted octanol–water partition coefficient (Wildman–Crippen LogP) is 6.32.